The van der Waals surface area contributed by atoms with Crippen LogP contribution in [0.2, 0.25) is 0 Å². The van der Waals surface area contributed by atoms with Crippen LogP contribution < -0.4 is 10.6 Å². The second kappa shape index (κ2) is 10.4. The molecule has 3 amide bonds. The van der Waals surface area contributed by atoms with Gasteiger partial charge in [0.2, 0.25) is 0 Å². The molecule has 0 bridgehead atoms. The average Bonchev–Trinajstić information content (AvgIpc) is 2.78. The van der Waals surface area contributed by atoms with Gasteiger partial charge in [-0.05, 0) is 37.5 Å². The van der Waals surface area contributed by atoms with E-state index in [0.29, 0.717) is 25.9 Å². The number of nitrogens with one attached hydrogen (secondary N) is 2. The third kappa shape index (κ3) is 6.07. The van der Waals surface area contributed by atoms with Crippen molar-refractivity contribution < 1.29 is 19.1 Å². The van der Waals surface area contributed by atoms with Crippen molar-refractivity contribution in [2.24, 2.45) is 5.92 Å². The summed E-state index contributed by atoms with van der Waals surface area (Å²) in [5, 5.41) is 5.67. The topological polar surface area (TPSA) is 87.7 Å². The fourth-order valence-corrected chi connectivity index (χ4v) is 3.41. The fourth-order valence-electron chi connectivity index (χ4n) is 3.41. The van der Waals surface area contributed by atoms with E-state index < -0.39 is 0 Å². The van der Waals surface area contributed by atoms with Crippen LogP contribution in [-0.4, -0.2) is 42.5 Å². The molecule has 30 heavy (non-hydrogen) atoms. The van der Waals surface area contributed by atoms with Gasteiger partial charge in [0, 0.05) is 18.8 Å². The Morgan fingerprint density at radius 3 is 2.23 bits per heavy atom. The van der Waals surface area contributed by atoms with Crippen LogP contribution >= 0.6 is 0 Å². The number of carbonyl (C=O) groups excluding carboxylic acids is 3. The molecule has 1 atom stereocenters. The zero-order valence-electron chi connectivity index (χ0n) is 17.0. The van der Waals surface area contributed by atoms with Crippen LogP contribution in [0.5, 0.6) is 0 Å². The van der Waals surface area contributed by atoms with Gasteiger partial charge in [-0.25, -0.2) is 4.79 Å². The zero-order valence-corrected chi connectivity index (χ0v) is 17.0. The van der Waals surface area contributed by atoms with Crippen molar-refractivity contribution in [3.63, 3.8) is 0 Å². The van der Waals surface area contributed by atoms with Crippen LogP contribution in [0.25, 0.3) is 0 Å². The van der Waals surface area contributed by atoms with Gasteiger partial charge in [0.15, 0.2) is 6.61 Å². The number of amides is 3. The minimum absolute atomic E-state index is 0.163. The Balaban J connectivity index is 1.37. The quantitative estimate of drug-likeness (QED) is 0.716. The third-order valence-electron chi connectivity index (χ3n) is 5.16. The minimum atomic E-state index is -0.388. The predicted molar refractivity (Wildman–Crippen MR) is 114 cm³/mol. The summed E-state index contributed by atoms with van der Waals surface area (Å²) in [6.45, 7) is 2.52. The van der Waals surface area contributed by atoms with Gasteiger partial charge < -0.3 is 20.3 Å². The van der Waals surface area contributed by atoms with E-state index in [1.807, 2.05) is 67.6 Å². The number of nitrogens with zero attached hydrogens (tertiary/aromatic N) is 1. The van der Waals surface area contributed by atoms with Crippen LogP contribution in [0.15, 0.2) is 60.7 Å². The Kier molecular flexibility index (Phi) is 7.43. The molecule has 1 saturated heterocycles. The van der Waals surface area contributed by atoms with Gasteiger partial charge in [-0.2, -0.15) is 0 Å². The Bertz CT molecular complexity index is 849. The Morgan fingerprint density at radius 2 is 1.60 bits per heavy atom. The van der Waals surface area contributed by atoms with Crippen LogP contribution in [0, 0.1) is 5.92 Å². The number of hydrogen-bond donors (Lipinski definition) is 2. The normalized spacial score (nSPS) is 15.2. The number of rotatable bonds is 6. The number of benzene rings is 2. The summed E-state index contributed by atoms with van der Waals surface area (Å²) in [6.07, 6.45) is 1.03. The highest BCUT2D eigenvalue weighted by Gasteiger charge is 2.28. The zero-order chi connectivity index (χ0) is 21.3. The van der Waals surface area contributed by atoms with Crippen molar-refractivity contribution >= 4 is 23.6 Å². The lowest BCUT2D eigenvalue weighted by molar-refractivity contribution is -0.154. The smallest absolute Gasteiger partial charge is 0.321 e. The first-order valence-electron chi connectivity index (χ1n) is 10.1. The van der Waals surface area contributed by atoms with E-state index in [0.717, 1.165) is 11.3 Å². The molecule has 3 rings (SSSR count). The van der Waals surface area contributed by atoms with Gasteiger partial charge in [-0.3, -0.25) is 9.59 Å². The molecular weight excluding hydrogens is 382 g/mol. The third-order valence-corrected chi connectivity index (χ3v) is 5.16. The Morgan fingerprint density at radius 1 is 1.00 bits per heavy atom. The van der Waals surface area contributed by atoms with Crippen LogP contribution in [-0.2, 0) is 14.3 Å². The van der Waals surface area contributed by atoms with Gasteiger partial charge in [0.05, 0.1) is 12.0 Å². The lowest BCUT2D eigenvalue weighted by Crippen LogP contribution is -2.43. The fraction of sp³-hybridized carbons (Fsp3) is 0.348. The number of anilines is 1. The van der Waals surface area contributed by atoms with E-state index in [-0.39, 0.29) is 36.5 Å². The molecule has 2 aromatic rings. The van der Waals surface area contributed by atoms with E-state index >= 15 is 0 Å². The highest BCUT2D eigenvalue weighted by Crippen LogP contribution is 2.20. The number of ether oxygens (including phenoxy) is 1. The molecule has 1 heterocycles. The maximum absolute atomic E-state index is 12.3. The van der Waals surface area contributed by atoms with E-state index in [1.165, 1.54) is 0 Å². The maximum Gasteiger partial charge on any atom is 0.321 e. The molecule has 1 aliphatic heterocycles. The standard InChI is InChI=1S/C23H27N3O4/c1-17(18-8-4-2-5-9-18)24-21(27)16-30-22(28)19-12-14-26(15-13-19)23(29)25-20-10-6-3-7-11-20/h2-11,17,19H,12-16H2,1H3,(H,24,27)(H,25,29)/t17-/m0/s1. The summed E-state index contributed by atoms with van der Waals surface area (Å²) in [5.41, 5.74) is 1.72. The molecule has 1 aliphatic rings. The summed E-state index contributed by atoms with van der Waals surface area (Å²) in [4.78, 5) is 38.4. The second-order valence-electron chi connectivity index (χ2n) is 7.37. The molecule has 7 nitrogen and oxygen atoms in total. The molecule has 7 heteroatoms. The number of piperidine rings is 1. The summed E-state index contributed by atoms with van der Waals surface area (Å²) in [6, 6.07) is 18.5. The minimum Gasteiger partial charge on any atom is -0.455 e. The number of urea groups is 1. The van der Waals surface area contributed by atoms with E-state index in [9.17, 15) is 14.4 Å². The van der Waals surface area contributed by atoms with Crippen LogP contribution in [0.3, 0.4) is 0 Å². The second-order valence-corrected chi connectivity index (χ2v) is 7.37. The van der Waals surface area contributed by atoms with Crippen LogP contribution in [0.1, 0.15) is 31.4 Å². The van der Waals surface area contributed by atoms with Gasteiger partial charge >= 0.3 is 12.0 Å². The number of para-hydroxylation sites is 1. The molecule has 0 spiro atoms. The van der Waals surface area contributed by atoms with Gasteiger partial charge in [0.1, 0.15) is 0 Å². The van der Waals surface area contributed by atoms with Gasteiger partial charge in [-0.15, -0.1) is 0 Å². The lowest BCUT2D eigenvalue weighted by Gasteiger charge is -2.30. The molecule has 0 saturated carbocycles. The molecule has 158 valence electrons. The molecule has 0 aromatic heterocycles. The van der Waals surface area contributed by atoms with Crippen molar-refractivity contribution in [3.05, 3.63) is 66.2 Å². The molecule has 0 aliphatic carbocycles. The summed E-state index contributed by atoms with van der Waals surface area (Å²) in [7, 11) is 0. The highest BCUT2D eigenvalue weighted by atomic mass is 16.5. The van der Waals surface area contributed by atoms with E-state index in [2.05, 4.69) is 10.6 Å². The number of likely N-dealkylation sites (tertiary alicyclic amines) is 1. The number of hydrogen-bond acceptors (Lipinski definition) is 4. The number of esters is 1. The Labute approximate surface area is 176 Å². The molecule has 1 fully saturated rings. The Hall–Kier alpha value is -3.35. The predicted octanol–water partition coefficient (Wildman–Crippen LogP) is 3.35. The average molecular weight is 409 g/mol. The van der Waals surface area contributed by atoms with Crippen molar-refractivity contribution in [2.45, 2.75) is 25.8 Å². The first-order valence-corrected chi connectivity index (χ1v) is 10.1. The maximum atomic E-state index is 12.3. The first kappa shape index (κ1) is 21.4. The summed E-state index contributed by atoms with van der Waals surface area (Å²) in [5.74, 6) is -1.02. The molecule has 2 aromatic carbocycles. The van der Waals surface area contributed by atoms with Crippen molar-refractivity contribution in [1.82, 2.24) is 10.2 Å². The van der Waals surface area contributed by atoms with Crippen LogP contribution in [0.4, 0.5) is 10.5 Å². The summed E-state index contributed by atoms with van der Waals surface area (Å²) < 4.78 is 5.20. The van der Waals surface area contributed by atoms with E-state index in [1.54, 1.807) is 4.90 Å². The van der Waals surface area contributed by atoms with Gasteiger partial charge in [-0.1, -0.05) is 48.5 Å². The molecular formula is C23H27N3O4. The monoisotopic (exact) mass is 409 g/mol. The molecule has 0 radical (unpaired) electrons. The largest absolute Gasteiger partial charge is 0.455 e. The molecule has 2 N–H and O–H groups in total. The van der Waals surface area contributed by atoms with E-state index in [4.69, 9.17) is 4.74 Å². The highest BCUT2D eigenvalue weighted by molar-refractivity contribution is 5.89. The van der Waals surface area contributed by atoms with Crippen molar-refractivity contribution in [2.75, 3.05) is 25.0 Å². The molecule has 0 unspecified atom stereocenters. The SMILES string of the molecule is C[C@H](NC(=O)COC(=O)C1CCN(C(=O)Nc2ccccc2)CC1)c1ccccc1. The van der Waals surface area contributed by atoms with Crippen molar-refractivity contribution in [3.8, 4) is 0 Å². The van der Waals surface area contributed by atoms with Crippen molar-refractivity contribution in [1.29, 1.82) is 0 Å². The first-order chi connectivity index (χ1) is 14.5. The van der Waals surface area contributed by atoms with Gasteiger partial charge in [0.25, 0.3) is 5.91 Å². The lowest BCUT2D eigenvalue weighted by atomic mass is 9.97. The summed E-state index contributed by atoms with van der Waals surface area (Å²) >= 11 is 0. The number of carbonyl (C=O) groups is 3.